The molecule has 2 heterocycles. The third-order valence-corrected chi connectivity index (χ3v) is 8.16. The monoisotopic (exact) mass is 545 g/mol. The quantitative estimate of drug-likeness (QED) is 0.304. The second kappa shape index (κ2) is 9.30. The highest BCUT2D eigenvalue weighted by molar-refractivity contribution is 6.31. The molecule has 2 aliphatic heterocycles. The SMILES string of the molecule is COC(=O)[C@H]1[C@H](Nc2ccc(C(C)(C)C)cc2)c2cc(C(C)(C)C)ccc2N[C@@]12C(=O)Nc1ccc(Cl)cc12. The molecule has 5 rings (SSSR count). The Kier molecular flexibility index (Phi) is 6.46. The van der Waals surface area contributed by atoms with Crippen LogP contribution >= 0.6 is 11.6 Å². The number of esters is 1. The Morgan fingerprint density at radius 3 is 2.13 bits per heavy atom. The minimum Gasteiger partial charge on any atom is -0.469 e. The number of ether oxygens (including phenoxy) is 1. The molecule has 7 heteroatoms. The van der Waals surface area contributed by atoms with Crippen LogP contribution in [-0.4, -0.2) is 19.0 Å². The first kappa shape index (κ1) is 27.1. The van der Waals surface area contributed by atoms with Crippen molar-refractivity contribution in [2.24, 2.45) is 5.92 Å². The van der Waals surface area contributed by atoms with Crippen molar-refractivity contribution in [3.05, 3.63) is 87.9 Å². The fraction of sp³-hybridized carbons (Fsp3) is 0.375. The predicted octanol–water partition coefficient (Wildman–Crippen LogP) is 7.15. The summed E-state index contributed by atoms with van der Waals surface area (Å²) in [5.41, 5.74) is 4.54. The van der Waals surface area contributed by atoms with Crippen molar-refractivity contribution >= 4 is 40.5 Å². The lowest BCUT2D eigenvalue weighted by Gasteiger charge is -2.46. The van der Waals surface area contributed by atoms with Crippen LogP contribution in [0.5, 0.6) is 0 Å². The summed E-state index contributed by atoms with van der Waals surface area (Å²) < 4.78 is 5.38. The number of fused-ring (bicyclic) bond motifs is 3. The van der Waals surface area contributed by atoms with Gasteiger partial charge in [0.05, 0.1) is 13.2 Å². The number of nitrogens with one attached hydrogen (secondary N) is 3. The minimum atomic E-state index is -1.42. The average molecular weight is 546 g/mol. The van der Waals surface area contributed by atoms with E-state index in [1.165, 1.54) is 12.7 Å². The van der Waals surface area contributed by atoms with Gasteiger partial charge >= 0.3 is 5.97 Å². The third kappa shape index (κ3) is 4.55. The van der Waals surface area contributed by atoms with Gasteiger partial charge in [-0.1, -0.05) is 77.4 Å². The lowest BCUT2D eigenvalue weighted by molar-refractivity contribution is -0.151. The Hall–Kier alpha value is -3.51. The molecule has 1 spiro atoms. The first-order chi connectivity index (χ1) is 18.3. The molecule has 3 N–H and O–H groups in total. The highest BCUT2D eigenvalue weighted by Gasteiger charge is 2.61. The molecule has 0 aromatic heterocycles. The highest BCUT2D eigenvalue weighted by atomic mass is 35.5. The second-order valence-electron chi connectivity index (χ2n) is 12.6. The summed E-state index contributed by atoms with van der Waals surface area (Å²) in [4.78, 5) is 27.6. The number of hydrogen-bond donors (Lipinski definition) is 3. The average Bonchev–Trinajstić information content (AvgIpc) is 3.13. The number of benzene rings is 3. The summed E-state index contributed by atoms with van der Waals surface area (Å²) in [7, 11) is 1.36. The van der Waals surface area contributed by atoms with Crippen LogP contribution in [-0.2, 0) is 30.7 Å². The van der Waals surface area contributed by atoms with E-state index < -0.39 is 23.5 Å². The zero-order valence-electron chi connectivity index (χ0n) is 23.5. The van der Waals surface area contributed by atoms with E-state index in [0.29, 0.717) is 16.3 Å². The molecule has 3 atom stereocenters. The first-order valence-electron chi connectivity index (χ1n) is 13.2. The summed E-state index contributed by atoms with van der Waals surface area (Å²) >= 11 is 6.42. The number of carbonyl (C=O) groups excluding carboxylic acids is 2. The van der Waals surface area contributed by atoms with E-state index in [1.807, 2.05) is 18.2 Å². The molecule has 0 saturated heterocycles. The van der Waals surface area contributed by atoms with Crippen molar-refractivity contribution in [3.8, 4) is 0 Å². The van der Waals surface area contributed by atoms with Gasteiger partial charge in [0.15, 0.2) is 5.54 Å². The fourth-order valence-electron chi connectivity index (χ4n) is 5.69. The molecule has 0 aliphatic carbocycles. The standard InChI is InChI=1S/C32H36ClN3O3/c1-30(2,3)18-8-12-21(13-9-18)34-27-22-16-19(31(4,5)6)10-14-24(22)36-32(26(27)28(37)39-7)23-17-20(33)11-15-25(23)35-29(32)38/h8-17,26-27,34,36H,1-7H3,(H,35,38)/t26-,27-,32-/m1/s1. The van der Waals surface area contributed by atoms with Gasteiger partial charge < -0.3 is 20.7 Å². The molecular formula is C32H36ClN3O3. The summed E-state index contributed by atoms with van der Waals surface area (Å²) in [5, 5.41) is 10.6. The van der Waals surface area contributed by atoms with Crippen LogP contribution in [0.3, 0.4) is 0 Å². The molecule has 1 amide bonds. The lowest BCUT2D eigenvalue weighted by Crippen LogP contribution is -2.57. The zero-order chi connectivity index (χ0) is 28.3. The van der Waals surface area contributed by atoms with Gasteiger partial charge in [-0.15, -0.1) is 0 Å². The van der Waals surface area contributed by atoms with Gasteiger partial charge in [-0.3, -0.25) is 9.59 Å². The third-order valence-electron chi connectivity index (χ3n) is 7.93. The van der Waals surface area contributed by atoms with Crippen molar-refractivity contribution in [2.75, 3.05) is 23.1 Å². The summed E-state index contributed by atoms with van der Waals surface area (Å²) in [6, 6.07) is 19.1. The van der Waals surface area contributed by atoms with Gasteiger partial charge in [0.1, 0.15) is 5.92 Å². The number of hydrogen-bond acceptors (Lipinski definition) is 5. The molecule has 3 aromatic rings. The molecule has 0 radical (unpaired) electrons. The number of methoxy groups -OCH3 is 1. The minimum absolute atomic E-state index is 0.00498. The Balaban J connectivity index is 1.73. The van der Waals surface area contributed by atoms with Crippen molar-refractivity contribution in [2.45, 2.75) is 64.0 Å². The van der Waals surface area contributed by atoms with E-state index in [0.717, 1.165) is 22.5 Å². The van der Waals surface area contributed by atoms with Crippen molar-refractivity contribution < 1.29 is 14.3 Å². The second-order valence-corrected chi connectivity index (χ2v) is 13.0. The van der Waals surface area contributed by atoms with Crippen molar-refractivity contribution in [1.82, 2.24) is 0 Å². The topological polar surface area (TPSA) is 79.5 Å². The number of anilines is 3. The maximum Gasteiger partial charge on any atom is 0.314 e. The van der Waals surface area contributed by atoms with Gasteiger partial charge in [-0.25, -0.2) is 0 Å². The number of carbonyl (C=O) groups is 2. The van der Waals surface area contributed by atoms with Crippen LogP contribution < -0.4 is 16.0 Å². The van der Waals surface area contributed by atoms with E-state index in [1.54, 1.807) is 18.2 Å². The smallest absolute Gasteiger partial charge is 0.314 e. The summed E-state index contributed by atoms with van der Waals surface area (Å²) in [5.74, 6) is -1.76. The van der Waals surface area contributed by atoms with Crippen LogP contribution in [0, 0.1) is 5.92 Å². The Morgan fingerprint density at radius 2 is 1.51 bits per heavy atom. The lowest BCUT2D eigenvalue weighted by atomic mass is 9.69. The summed E-state index contributed by atoms with van der Waals surface area (Å²) in [6.45, 7) is 13.0. The Morgan fingerprint density at radius 1 is 0.897 bits per heavy atom. The molecule has 0 unspecified atom stereocenters. The molecule has 2 aliphatic rings. The number of halogens is 1. The molecule has 39 heavy (non-hydrogen) atoms. The maximum atomic E-state index is 13.9. The Labute approximate surface area is 235 Å². The predicted molar refractivity (Wildman–Crippen MR) is 158 cm³/mol. The molecular weight excluding hydrogens is 510 g/mol. The van der Waals surface area contributed by atoms with E-state index in [-0.39, 0.29) is 16.7 Å². The molecule has 204 valence electrons. The van der Waals surface area contributed by atoms with Crippen molar-refractivity contribution in [3.63, 3.8) is 0 Å². The number of rotatable bonds is 3. The van der Waals surface area contributed by atoms with E-state index >= 15 is 0 Å². The molecule has 0 bridgehead atoms. The van der Waals surface area contributed by atoms with E-state index in [4.69, 9.17) is 16.3 Å². The van der Waals surface area contributed by atoms with Gasteiger partial charge in [0.2, 0.25) is 0 Å². The number of amides is 1. The van der Waals surface area contributed by atoms with Crippen LogP contribution in [0.25, 0.3) is 0 Å². The molecule has 0 saturated carbocycles. The van der Waals surface area contributed by atoms with Gasteiger partial charge in [0.25, 0.3) is 5.91 Å². The van der Waals surface area contributed by atoms with Gasteiger partial charge in [-0.2, -0.15) is 0 Å². The molecule has 3 aromatic carbocycles. The van der Waals surface area contributed by atoms with Gasteiger partial charge in [0, 0.05) is 27.6 Å². The van der Waals surface area contributed by atoms with Crippen LogP contribution in [0.15, 0.2) is 60.7 Å². The first-order valence-corrected chi connectivity index (χ1v) is 13.6. The Bertz CT molecular complexity index is 1450. The zero-order valence-corrected chi connectivity index (χ0v) is 24.3. The largest absolute Gasteiger partial charge is 0.469 e. The van der Waals surface area contributed by atoms with Gasteiger partial charge in [-0.05, 0) is 63.9 Å². The maximum absolute atomic E-state index is 13.9. The van der Waals surface area contributed by atoms with E-state index in [2.05, 4.69) is 81.8 Å². The summed E-state index contributed by atoms with van der Waals surface area (Å²) in [6.07, 6.45) is 0. The van der Waals surface area contributed by atoms with Crippen molar-refractivity contribution in [1.29, 1.82) is 0 Å². The normalized spacial score (nSPS) is 22.0. The highest BCUT2D eigenvalue weighted by Crippen LogP contribution is 2.54. The molecule has 6 nitrogen and oxygen atoms in total. The fourth-order valence-corrected chi connectivity index (χ4v) is 5.87. The van der Waals surface area contributed by atoms with Crippen LogP contribution in [0.2, 0.25) is 5.02 Å². The molecule has 0 fully saturated rings. The van der Waals surface area contributed by atoms with Crippen LogP contribution in [0.1, 0.15) is 69.8 Å². The van der Waals surface area contributed by atoms with E-state index in [9.17, 15) is 9.59 Å². The van der Waals surface area contributed by atoms with Crippen LogP contribution in [0.4, 0.5) is 17.1 Å².